The van der Waals surface area contributed by atoms with Crippen LogP contribution in [0.2, 0.25) is 5.02 Å². The summed E-state index contributed by atoms with van der Waals surface area (Å²) in [5.74, 6) is 0.615. The number of aryl methyl sites for hydroxylation is 1. The Morgan fingerprint density at radius 1 is 1.21 bits per heavy atom. The molecule has 100 valence electrons. The highest BCUT2D eigenvalue weighted by atomic mass is 35.5. The minimum atomic E-state index is -0.806. The van der Waals surface area contributed by atoms with Gasteiger partial charge in [0.05, 0.1) is 6.10 Å². The van der Waals surface area contributed by atoms with Gasteiger partial charge >= 0.3 is 0 Å². The molecule has 2 aromatic carbocycles. The Kier molecular flexibility index (Phi) is 4.08. The third-order valence-corrected chi connectivity index (χ3v) is 3.20. The largest absolute Gasteiger partial charge is 0.457 e. The van der Waals surface area contributed by atoms with E-state index < -0.39 is 11.9 Å². The van der Waals surface area contributed by atoms with E-state index in [-0.39, 0.29) is 0 Å². The zero-order valence-electron chi connectivity index (χ0n) is 10.7. The molecule has 19 heavy (non-hydrogen) atoms. The number of aliphatic hydroxyl groups excluding tert-OH is 1. The van der Waals surface area contributed by atoms with Gasteiger partial charge in [-0.3, -0.25) is 0 Å². The first-order chi connectivity index (χ1) is 8.97. The van der Waals surface area contributed by atoms with Crippen molar-refractivity contribution < 1.29 is 14.2 Å². The van der Waals surface area contributed by atoms with Gasteiger partial charge in [0.2, 0.25) is 0 Å². The van der Waals surface area contributed by atoms with E-state index in [4.69, 9.17) is 16.3 Å². The molecule has 2 aromatic rings. The molecular weight excluding hydrogens is 267 g/mol. The lowest BCUT2D eigenvalue weighted by Gasteiger charge is -2.13. The summed E-state index contributed by atoms with van der Waals surface area (Å²) in [4.78, 5) is 0. The van der Waals surface area contributed by atoms with Gasteiger partial charge in [-0.25, -0.2) is 4.39 Å². The van der Waals surface area contributed by atoms with Crippen LogP contribution in [0.4, 0.5) is 4.39 Å². The van der Waals surface area contributed by atoms with Crippen molar-refractivity contribution in [2.75, 3.05) is 0 Å². The zero-order chi connectivity index (χ0) is 14.0. The summed E-state index contributed by atoms with van der Waals surface area (Å²) in [6.45, 7) is 3.43. The average molecular weight is 281 g/mol. The Hall–Kier alpha value is -1.58. The van der Waals surface area contributed by atoms with Crippen molar-refractivity contribution in [3.63, 3.8) is 0 Å². The second-order valence-electron chi connectivity index (χ2n) is 4.37. The third kappa shape index (κ3) is 3.25. The average Bonchev–Trinajstić information content (AvgIpc) is 2.36. The summed E-state index contributed by atoms with van der Waals surface area (Å²) < 4.78 is 18.9. The SMILES string of the molecule is Cc1cc(Oc2ccc(F)cc2[C@H](C)O)ccc1Cl. The van der Waals surface area contributed by atoms with Crippen LogP contribution >= 0.6 is 11.6 Å². The van der Waals surface area contributed by atoms with Crippen LogP contribution in [-0.4, -0.2) is 5.11 Å². The van der Waals surface area contributed by atoms with Crippen molar-refractivity contribution in [1.82, 2.24) is 0 Å². The molecule has 0 spiro atoms. The Labute approximate surface area is 116 Å². The van der Waals surface area contributed by atoms with Crippen molar-refractivity contribution in [3.05, 3.63) is 58.4 Å². The molecule has 0 unspecified atom stereocenters. The van der Waals surface area contributed by atoms with Crippen LogP contribution in [0.1, 0.15) is 24.2 Å². The van der Waals surface area contributed by atoms with Gasteiger partial charge in [-0.2, -0.15) is 0 Å². The van der Waals surface area contributed by atoms with Gasteiger partial charge in [-0.05, 0) is 55.8 Å². The number of rotatable bonds is 3. The maximum absolute atomic E-state index is 13.2. The molecule has 0 heterocycles. The number of ether oxygens (including phenoxy) is 1. The fourth-order valence-electron chi connectivity index (χ4n) is 1.75. The number of aliphatic hydroxyl groups is 1. The van der Waals surface area contributed by atoms with Crippen LogP contribution in [0.15, 0.2) is 36.4 Å². The van der Waals surface area contributed by atoms with Crippen LogP contribution < -0.4 is 4.74 Å². The Morgan fingerprint density at radius 3 is 2.58 bits per heavy atom. The van der Waals surface area contributed by atoms with E-state index in [1.54, 1.807) is 25.1 Å². The van der Waals surface area contributed by atoms with E-state index in [1.807, 2.05) is 6.92 Å². The van der Waals surface area contributed by atoms with Gasteiger partial charge in [-0.15, -0.1) is 0 Å². The van der Waals surface area contributed by atoms with Crippen molar-refractivity contribution in [2.24, 2.45) is 0 Å². The lowest BCUT2D eigenvalue weighted by atomic mass is 10.1. The summed E-state index contributed by atoms with van der Waals surface area (Å²) in [5, 5.41) is 10.3. The van der Waals surface area contributed by atoms with Crippen LogP contribution in [0.3, 0.4) is 0 Å². The fraction of sp³-hybridized carbons (Fsp3) is 0.200. The van der Waals surface area contributed by atoms with Crippen LogP contribution in [0.5, 0.6) is 11.5 Å². The van der Waals surface area contributed by atoms with Crippen LogP contribution in [-0.2, 0) is 0 Å². The summed E-state index contributed by atoms with van der Waals surface area (Å²) in [6.07, 6.45) is -0.806. The van der Waals surface area contributed by atoms with Crippen molar-refractivity contribution >= 4 is 11.6 Å². The smallest absolute Gasteiger partial charge is 0.133 e. The van der Waals surface area contributed by atoms with Gasteiger partial charge in [0.1, 0.15) is 17.3 Å². The predicted octanol–water partition coefficient (Wildman–Crippen LogP) is 4.63. The molecule has 1 N–H and O–H groups in total. The molecule has 0 aliphatic heterocycles. The molecule has 2 nitrogen and oxygen atoms in total. The first-order valence-electron chi connectivity index (χ1n) is 5.89. The molecule has 0 aromatic heterocycles. The Morgan fingerprint density at radius 2 is 1.95 bits per heavy atom. The molecule has 0 saturated heterocycles. The van der Waals surface area contributed by atoms with Gasteiger partial charge in [0.15, 0.2) is 0 Å². The molecular formula is C15H14ClFO2. The highest BCUT2D eigenvalue weighted by Gasteiger charge is 2.11. The maximum atomic E-state index is 13.2. The van der Waals surface area contributed by atoms with E-state index in [9.17, 15) is 9.50 Å². The van der Waals surface area contributed by atoms with E-state index in [1.165, 1.54) is 18.2 Å². The number of hydrogen-bond donors (Lipinski definition) is 1. The fourth-order valence-corrected chi connectivity index (χ4v) is 1.86. The molecule has 0 radical (unpaired) electrons. The number of benzene rings is 2. The molecule has 1 atom stereocenters. The summed E-state index contributed by atoms with van der Waals surface area (Å²) in [5.41, 5.74) is 1.30. The quantitative estimate of drug-likeness (QED) is 0.888. The molecule has 0 saturated carbocycles. The summed E-state index contributed by atoms with van der Waals surface area (Å²) in [7, 11) is 0. The van der Waals surface area contributed by atoms with Crippen LogP contribution in [0.25, 0.3) is 0 Å². The molecule has 0 bridgehead atoms. The molecule has 0 amide bonds. The topological polar surface area (TPSA) is 29.5 Å². The number of halogens is 2. The Bertz CT molecular complexity index is 597. The molecule has 4 heteroatoms. The van der Waals surface area contributed by atoms with Gasteiger partial charge in [-0.1, -0.05) is 11.6 Å². The first kappa shape index (κ1) is 13.8. The van der Waals surface area contributed by atoms with Gasteiger partial charge in [0.25, 0.3) is 0 Å². The van der Waals surface area contributed by atoms with E-state index in [0.29, 0.717) is 22.1 Å². The third-order valence-electron chi connectivity index (χ3n) is 2.78. The maximum Gasteiger partial charge on any atom is 0.133 e. The van der Waals surface area contributed by atoms with Gasteiger partial charge in [0, 0.05) is 10.6 Å². The molecule has 0 aliphatic carbocycles. The standard InChI is InChI=1S/C15H14ClFO2/c1-9-7-12(4-5-14(9)16)19-15-6-3-11(17)8-13(15)10(2)18/h3-8,10,18H,1-2H3/t10-/m0/s1. The monoisotopic (exact) mass is 280 g/mol. The molecule has 2 rings (SSSR count). The summed E-state index contributed by atoms with van der Waals surface area (Å²) in [6, 6.07) is 9.31. The van der Waals surface area contributed by atoms with E-state index in [0.717, 1.165) is 5.56 Å². The van der Waals surface area contributed by atoms with Gasteiger partial charge < -0.3 is 9.84 Å². The molecule has 0 aliphatic rings. The first-order valence-corrected chi connectivity index (χ1v) is 6.26. The zero-order valence-corrected chi connectivity index (χ0v) is 11.4. The normalized spacial score (nSPS) is 12.3. The second-order valence-corrected chi connectivity index (χ2v) is 4.78. The number of hydrogen-bond acceptors (Lipinski definition) is 2. The van der Waals surface area contributed by atoms with E-state index in [2.05, 4.69) is 0 Å². The highest BCUT2D eigenvalue weighted by molar-refractivity contribution is 6.31. The van der Waals surface area contributed by atoms with E-state index >= 15 is 0 Å². The van der Waals surface area contributed by atoms with Crippen molar-refractivity contribution in [1.29, 1.82) is 0 Å². The minimum Gasteiger partial charge on any atom is -0.457 e. The molecule has 0 fully saturated rings. The lowest BCUT2D eigenvalue weighted by molar-refractivity contribution is 0.195. The van der Waals surface area contributed by atoms with Crippen molar-refractivity contribution in [2.45, 2.75) is 20.0 Å². The lowest BCUT2D eigenvalue weighted by Crippen LogP contribution is -1.97. The Balaban J connectivity index is 2.35. The highest BCUT2D eigenvalue weighted by Crippen LogP contribution is 2.31. The van der Waals surface area contributed by atoms with Crippen molar-refractivity contribution in [3.8, 4) is 11.5 Å². The summed E-state index contributed by atoms with van der Waals surface area (Å²) >= 11 is 5.94. The minimum absolute atomic E-state index is 0.407. The predicted molar refractivity (Wildman–Crippen MR) is 73.3 cm³/mol. The van der Waals surface area contributed by atoms with Crippen LogP contribution in [0, 0.1) is 12.7 Å². The second kappa shape index (κ2) is 5.59.